The minimum atomic E-state index is -0.861. The van der Waals surface area contributed by atoms with E-state index < -0.39 is 11.6 Å². The van der Waals surface area contributed by atoms with Crippen molar-refractivity contribution in [3.05, 3.63) is 60.2 Å². The van der Waals surface area contributed by atoms with Crippen LogP contribution in [0.1, 0.15) is 25.3 Å². The molecule has 7 heteroatoms. The van der Waals surface area contributed by atoms with Gasteiger partial charge < -0.3 is 19.3 Å². The Kier molecular flexibility index (Phi) is 6.53. The quantitative estimate of drug-likeness (QED) is 0.716. The van der Waals surface area contributed by atoms with Gasteiger partial charge in [0.15, 0.2) is 0 Å². The molecule has 2 heterocycles. The number of nitrogens with zero attached hydrogens (tertiary/aromatic N) is 3. The fraction of sp³-hybridized carbons (Fsp3) is 0.440. The Labute approximate surface area is 189 Å². The van der Waals surface area contributed by atoms with Crippen LogP contribution in [0.2, 0.25) is 0 Å². The number of para-hydroxylation sites is 2. The molecule has 1 unspecified atom stereocenters. The van der Waals surface area contributed by atoms with Gasteiger partial charge in [0.25, 0.3) is 0 Å². The molecule has 0 radical (unpaired) electrons. The largest absolute Gasteiger partial charge is 0.495 e. The number of carbonyl (C=O) groups excluding carboxylic acids is 2. The number of hydrogen-bond acceptors (Lipinski definition) is 5. The maximum absolute atomic E-state index is 13.5. The van der Waals surface area contributed by atoms with Crippen molar-refractivity contribution in [1.82, 2.24) is 9.80 Å². The van der Waals surface area contributed by atoms with E-state index in [2.05, 4.69) is 4.90 Å². The van der Waals surface area contributed by atoms with Crippen molar-refractivity contribution in [2.24, 2.45) is 0 Å². The first-order valence-electron chi connectivity index (χ1n) is 11.2. The molecule has 0 spiro atoms. The fourth-order valence-electron chi connectivity index (χ4n) is 4.66. The summed E-state index contributed by atoms with van der Waals surface area (Å²) in [4.78, 5) is 32.1. The van der Waals surface area contributed by atoms with Crippen LogP contribution in [-0.4, -0.2) is 67.2 Å². The molecule has 2 aliphatic heterocycles. The molecule has 2 saturated heterocycles. The lowest BCUT2D eigenvalue weighted by molar-refractivity contribution is -0.141. The van der Waals surface area contributed by atoms with Gasteiger partial charge in [-0.3, -0.25) is 9.69 Å². The van der Waals surface area contributed by atoms with Gasteiger partial charge in [0.2, 0.25) is 5.91 Å². The molecule has 7 nitrogen and oxygen atoms in total. The highest BCUT2D eigenvalue weighted by atomic mass is 16.6. The molecule has 0 bridgehead atoms. The van der Waals surface area contributed by atoms with Gasteiger partial charge in [-0.1, -0.05) is 42.5 Å². The second-order valence-electron chi connectivity index (χ2n) is 8.52. The molecule has 2 amide bonds. The summed E-state index contributed by atoms with van der Waals surface area (Å²) < 4.78 is 11.0. The number of anilines is 1. The van der Waals surface area contributed by atoms with Crippen LogP contribution in [0.15, 0.2) is 54.6 Å². The molecule has 2 aromatic carbocycles. The van der Waals surface area contributed by atoms with Gasteiger partial charge in [0.05, 0.1) is 12.8 Å². The minimum absolute atomic E-state index is 0.00587. The second-order valence-corrected chi connectivity index (χ2v) is 8.52. The maximum atomic E-state index is 13.5. The first-order valence-corrected chi connectivity index (χ1v) is 11.2. The van der Waals surface area contributed by atoms with E-state index in [0.717, 1.165) is 36.5 Å². The van der Waals surface area contributed by atoms with Crippen molar-refractivity contribution >= 4 is 17.7 Å². The maximum Gasteiger partial charge on any atom is 0.410 e. The smallest absolute Gasteiger partial charge is 0.410 e. The van der Waals surface area contributed by atoms with E-state index in [1.807, 2.05) is 66.4 Å². The molecule has 0 aromatic heterocycles. The van der Waals surface area contributed by atoms with Crippen LogP contribution in [0.5, 0.6) is 5.75 Å². The number of benzene rings is 2. The van der Waals surface area contributed by atoms with E-state index in [0.29, 0.717) is 26.1 Å². The van der Waals surface area contributed by atoms with Gasteiger partial charge in [-0.05, 0) is 37.5 Å². The summed E-state index contributed by atoms with van der Waals surface area (Å²) >= 11 is 0. The number of piperazine rings is 1. The van der Waals surface area contributed by atoms with E-state index in [4.69, 9.17) is 9.47 Å². The predicted molar refractivity (Wildman–Crippen MR) is 123 cm³/mol. The average molecular weight is 438 g/mol. The van der Waals surface area contributed by atoms with Gasteiger partial charge >= 0.3 is 6.09 Å². The van der Waals surface area contributed by atoms with Crippen molar-refractivity contribution in [2.75, 3.05) is 44.7 Å². The van der Waals surface area contributed by atoms with E-state index in [1.54, 1.807) is 12.0 Å². The highest BCUT2D eigenvalue weighted by molar-refractivity contribution is 5.90. The summed E-state index contributed by atoms with van der Waals surface area (Å²) in [7, 11) is 1.67. The van der Waals surface area contributed by atoms with E-state index >= 15 is 0 Å². The van der Waals surface area contributed by atoms with E-state index in [9.17, 15) is 9.59 Å². The fourth-order valence-corrected chi connectivity index (χ4v) is 4.66. The zero-order valence-electron chi connectivity index (χ0n) is 18.8. The molecule has 0 saturated carbocycles. The Bertz CT molecular complexity index is 943. The first kappa shape index (κ1) is 22.0. The summed E-state index contributed by atoms with van der Waals surface area (Å²) in [6.07, 6.45) is 1.03. The van der Waals surface area contributed by atoms with Gasteiger partial charge in [0.1, 0.15) is 17.9 Å². The predicted octanol–water partition coefficient (Wildman–Crippen LogP) is 3.54. The van der Waals surface area contributed by atoms with Crippen molar-refractivity contribution in [3.8, 4) is 5.75 Å². The van der Waals surface area contributed by atoms with Crippen LogP contribution >= 0.6 is 0 Å². The molecular weight excluding hydrogens is 406 g/mol. The van der Waals surface area contributed by atoms with Gasteiger partial charge in [-0.2, -0.15) is 0 Å². The SMILES string of the molecule is COc1ccccc1N1CCN(C(=O)C2(C)CCCN2C(=O)OCc2ccccc2)CC1. The topological polar surface area (TPSA) is 62.3 Å². The molecule has 2 aromatic rings. The Morgan fingerprint density at radius 3 is 2.34 bits per heavy atom. The number of methoxy groups -OCH3 is 1. The third-order valence-electron chi connectivity index (χ3n) is 6.52. The monoisotopic (exact) mass is 437 g/mol. The van der Waals surface area contributed by atoms with Gasteiger partial charge in [-0.15, -0.1) is 0 Å². The summed E-state index contributed by atoms with van der Waals surface area (Å²) in [5, 5.41) is 0. The molecule has 2 aliphatic rings. The zero-order chi connectivity index (χ0) is 22.6. The molecule has 0 aliphatic carbocycles. The first-order chi connectivity index (χ1) is 15.5. The van der Waals surface area contributed by atoms with Crippen LogP contribution in [-0.2, 0) is 16.1 Å². The minimum Gasteiger partial charge on any atom is -0.495 e. The van der Waals surface area contributed by atoms with E-state index in [1.165, 1.54) is 0 Å². The van der Waals surface area contributed by atoms with Crippen molar-refractivity contribution in [1.29, 1.82) is 0 Å². The lowest BCUT2D eigenvalue weighted by Gasteiger charge is -2.42. The Hall–Kier alpha value is -3.22. The Morgan fingerprint density at radius 2 is 1.62 bits per heavy atom. The molecule has 0 N–H and O–H groups in total. The van der Waals surface area contributed by atoms with Crippen LogP contribution in [0.25, 0.3) is 0 Å². The average Bonchev–Trinajstić information content (AvgIpc) is 3.25. The van der Waals surface area contributed by atoms with Crippen LogP contribution in [0, 0.1) is 0 Å². The van der Waals surface area contributed by atoms with Crippen molar-refractivity contribution in [2.45, 2.75) is 31.9 Å². The molecule has 170 valence electrons. The normalized spacial score (nSPS) is 20.9. The summed E-state index contributed by atoms with van der Waals surface area (Å²) in [5.41, 5.74) is 1.11. The second kappa shape index (κ2) is 9.51. The summed E-state index contributed by atoms with van der Waals surface area (Å²) in [6.45, 7) is 5.29. The lowest BCUT2D eigenvalue weighted by Crippen LogP contribution is -2.60. The molecular formula is C25H31N3O4. The van der Waals surface area contributed by atoms with Crippen molar-refractivity contribution in [3.63, 3.8) is 0 Å². The van der Waals surface area contributed by atoms with Crippen LogP contribution in [0.3, 0.4) is 0 Å². The lowest BCUT2D eigenvalue weighted by atomic mass is 9.96. The number of hydrogen-bond donors (Lipinski definition) is 0. The third kappa shape index (κ3) is 4.38. The van der Waals surface area contributed by atoms with Crippen LogP contribution in [0.4, 0.5) is 10.5 Å². The number of likely N-dealkylation sites (tertiary alicyclic amines) is 1. The number of ether oxygens (including phenoxy) is 2. The van der Waals surface area contributed by atoms with Crippen molar-refractivity contribution < 1.29 is 19.1 Å². The third-order valence-corrected chi connectivity index (χ3v) is 6.52. The standard InChI is InChI=1S/C25H31N3O4/c1-25(13-8-14-28(25)24(30)32-19-20-9-4-3-5-10-20)23(29)27-17-15-26(16-18-27)21-11-6-7-12-22(21)31-2/h3-7,9-12H,8,13-19H2,1-2H3. The highest BCUT2D eigenvalue weighted by Crippen LogP contribution is 2.33. The Balaban J connectivity index is 1.38. The summed E-state index contributed by atoms with van der Waals surface area (Å²) in [5.74, 6) is 0.841. The van der Waals surface area contributed by atoms with E-state index in [-0.39, 0.29) is 12.5 Å². The number of rotatable bonds is 5. The van der Waals surface area contributed by atoms with Crippen LogP contribution < -0.4 is 9.64 Å². The molecule has 32 heavy (non-hydrogen) atoms. The zero-order valence-corrected chi connectivity index (χ0v) is 18.8. The Morgan fingerprint density at radius 1 is 0.938 bits per heavy atom. The van der Waals surface area contributed by atoms with Gasteiger partial charge in [-0.25, -0.2) is 4.79 Å². The number of amides is 2. The molecule has 4 rings (SSSR count). The molecule has 1 atom stereocenters. The summed E-state index contributed by atoms with van der Waals surface area (Å²) in [6, 6.07) is 17.5. The highest BCUT2D eigenvalue weighted by Gasteiger charge is 2.48. The molecule has 2 fully saturated rings. The number of carbonyl (C=O) groups is 2. The van der Waals surface area contributed by atoms with Gasteiger partial charge in [0, 0.05) is 32.7 Å².